The molecule has 1 heteroatoms. The van der Waals surface area contributed by atoms with Crippen LogP contribution in [0.5, 0.6) is 0 Å². The molecule has 0 radical (unpaired) electrons. The molecule has 0 saturated carbocycles. The molecule has 11 rings (SSSR count). The van der Waals surface area contributed by atoms with E-state index in [0.717, 1.165) is 0 Å². The van der Waals surface area contributed by atoms with E-state index in [4.69, 9.17) is 0 Å². The molecule has 0 bridgehead atoms. The lowest BCUT2D eigenvalue weighted by Crippen LogP contribution is -1.99. The molecule has 1 aromatic heterocycles. The Hall–Kier alpha value is -6.44. The second-order valence-corrected chi connectivity index (χ2v) is 14.1. The Morgan fingerprint density at radius 3 is 1.37 bits per heavy atom. The number of para-hydroxylation sites is 2. The molecule has 0 unspecified atom stereocenters. The standard InChI is InChI=1S/C50H33N/c1-30-19-23-37(35-13-5-3-11-33(30)35)38-25-21-32-22-26-43-45(39-24-20-31(2)34-12-4-6-14-36(34)39)29-48(44-28-27-42(38)49(32)50(43)44)51-46-17-9-7-15-40(46)41-16-8-10-18-47(41)51/h3-29H,1-2H3. The summed E-state index contributed by atoms with van der Waals surface area (Å²) in [6, 6.07) is 61.2. The van der Waals surface area contributed by atoms with E-state index >= 15 is 0 Å². The highest BCUT2D eigenvalue weighted by Crippen LogP contribution is 2.47. The molecule has 0 spiro atoms. The Kier molecular flexibility index (Phi) is 5.86. The molecule has 0 aliphatic carbocycles. The summed E-state index contributed by atoms with van der Waals surface area (Å²) in [5, 5.41) is 15.5. The maximum Gasteiger partial charge on any atom is 0.0547 e. The largest absolute Gasteiger partial charge is 0.309 e. The highest BCUT2D eigenvalue weighted by molar-refractivity contribution is 6.30. The van der Waals surface area contributed by atoms with Gasteiger partial charge in [0.1, 0.15) is 0 Å². The van der Waals surface area contributed by atoms with Crippen LogP contribution in [0.2, 0.25) is 0 Å². The first-order valence-electron chi connectivity index (χ1n) is 17.9. The van der Waals surface area contributed by atoms with Crippen molar-refractivity contribution in [3.05, 3.63) is 175 Å². The maximum absolute atomic E-state index is 2.50. The Morgan fingerprint density at radius 2 is 0.745 bits per heavy atom. The summed E-state index contributed by atoms with van der Waals surface area (Å²) < 4.78 is 2.50. The summed E-state index contributed by atoms with van der Waals surface area (Å²) >= 11 is 0. The lowest BCUT2D eigenvalue weighted by atomic mass is 9.84. The van der Waals surface area contributed by atoms with Crippen molar-refractivity contribution in [3.8, 4) is 27.9 Å². The van der Waals surface area contributed by atoms with Crippen LogP contribution in [-0.4, -0.2) is 4.57 Å². The smallest absolute Gasteiger partial charge is 0.0547 e. The zero-order valence-corrected chi connectivity index (χ0v) is 28.5. The topological polar surface area (TPSA) is 4.93 Å². The summed E-state index contributed by atoms with van der Waals surface area (Å²) in [6.45, 7) is 4.43. The fourth-order valence-corrected chi connectivity index (χ4v) is 9.07. The highest BCUT2D eigenvalue weighted by Gasteiger charge is 2.22. The van der Waals surface area contributed by atoms with E-state index in [1.165, 1.54) is 115 Å². The molecule has 238 valence electrons. The van der Waals surface area contributed by atoms with Gasteiger partial charge in [-0.3, -0.25) is 0 Å². The number of rotatable bonds is 3. The molecular weight excluding hydrogens is 615 g/mol. The minimum atomic E-state index is 1.21. The SMILES string of the molecule is Cc1ccc(-c2ccc3ccc4c(-c5ccc(C)c6ccccc56)cc(-n5c6ccccc6c6ccccc65)c5ccc2c3c45)c2ccccc12. The molecular formula is C50H33N. The van der Waals surface area contributed by atoms with E-state index in [2.05, 4.69) is 182 Å². The van der Waals surface area contributed by atoms with Gasteiger partial charge >= 0.3 is 0 Å². The summed E-state index contributed by atoms with van der Waals surface area (Å²) in [7, 11) is 0. The number of nitrogens with zero attached hydrogens (tertiary/aromatic N) is 1. The van der Waals surface area contributed by atoms with Crippen molar-refractivity contribution >= 4 is 75.7 Å². The second-order valence-electron chi connectivity index (χ2n) is 14.1. The van der Waals surface area contributed by atoms with Gasteiger partial charge in [0.15, 0.2) is 0 Å². The van der Waals surface area contributed by atoms with Gasteiger partial charge in [0.25, 0.3) is 0 Å². The van der Waals surface area contributed by atoms with E-state index in [1.54, 1.807) is 0 Å². The average molecular weight is 648 g/mol. The predicted octanol–water partition coefficient (Wildman–Crippen LogP) is 13.9. The molecule has 11 aromatic rings. The monoisotopic (exact) mass is 647 g/mol. The van der Waals surface area contributed by atoms with Crippen LogP contribution in [0.4, 0.5) is 0 Å². The van der Waals surface area contributed by atoms with Crippen LogP contribution in [0.3, 0.4) is 0 Å². The normalized spacial score (nSPS) is 12.1. The van der Waals surface area contributed by atoms with Gasteiger partial charge in [-0.2, -0.15) is 0 Å². The molecule has 1 nitrogen and oxygen atoms in total. The van der Waals surface area contributed by atoms with E-state index in [9.17, 15) is 0 Å². The first-order valence-corrected chi connectivity index (χ1v) is 17.9. The minimum absolute atomic E-state index is 1.21. The van der Waals surface area contributed by atoms with Gasteiger partial charge in [0.2, 0.25) is 0 Å². The van der Waals surface area contributed by atoms with Crippen LogP contribution >= 0.6 is 0 Å². The van der Waals surface area contributed by atoms with Crippen molar-refractivity contribution in [2.75, 3.05) is 0 Å². The van der Waals surface area contributed by atoms with Crippen LogP contribution in [0, 0.1) is 13.8 Å². The molecule has 51 heavy (non-hydrogen) atoms. The molecule has 0 N–H and O–H groups in total. The molecule has 0 amide bonds. The van der Waals surface area contributed by atoms with Gasteiger partial charge < -0.3 is 4.57 Å². The summed E-state index contributed by atoms with van der Waals surface area (Å²) in [4.78, 5) is 0. The van der Waals surface area contributed by atoms with Gasteiger partial charge in [0.05, 0.1) is 16.7 Å². The van der Waals surface area contributed by atoms with Crippen LogP contribution in [0.15, 0.2) is 164 Å². The third-order valence-corrected chi connectivity index (χ3v) is 11.4. The van der Waals surface area contributed by atoms with Crippen molar-refractivity contribution < 1.29 is 0 Å². The number of aryl methyl sites for hydroxylation is 2. The molecule has 0 fully saturated rings. The predicted molar refractivity (Wildman–Crippen MR) is 220 cm³/mol. The Balaban J connectivity index is 1.34. The molecule has 0 aliphatic heterocycles. The lowest BCUT2D eigenvalue weighted by molar-refractivity contribution is 1.20. The van der Waals surface area contributed by atoms with Gasteiger partial charge in [-0.1, -0.05) is 146 Å². The van der Waals surface area contributed by atoms with E-state index in [-0.39, 0.29) is 0 Å². The second kappa shape index (κ2) is 10.5. The highest BCUT2D eigenvalue weighted by atomic mass is 15.0. The molecule has 10 aromatic carbocycles. The number of hydrogen-bond donors (Lipinski definition) is 0. The number of benzene rings is 10. The van der Waals surface area contributed by atoms with Gasteiger partial charge in [-0.25, -0.2) is 0 Å². The third-order valence-electron chi connectivity index (χ3n) is 11.4. The van der Waals surface area contributed by atoms with Crippen LogP contribution in [-0.2, 0) is 0 Å². The zero-order valence-electron chi connectivity index (χ0n) is 28.5. The Labute approximate surface area is 296 Å². The van der Waals surface area contributed by atoms with Crippen molar-refractivity contribution in [2.45, 2.75) is 13.8 Å². The van der Waals surface area contributed by atoms with Gasteiger partial charge in [-0.15, -0.1) is 0 Å². The van der Waals surface area contributed by atoms with E-state index < -0.39 is 0 Å². The zero-order chi connectivity index (χ0) is 33.8. The van der Waals surface area contributed by atoms with Crippen LogP contribution in [0.25, 0.3) is 104 Å². The van der Waals surface area contributed by atoms with Crippen molar-refractivity contribution in [1.82, 2.24) is 4.57 Å². The lowest BCUT2D eigenvalue weighted by Gasteiger charge is -2.21. The van der Waals surface area contributed by atoms with Gasteiger partial charge in [0, 0.05) is 21.5 Å². The van der Waals surface area contributed by atoms with Crippen molar-refractivity contribution in [2.24, 2.45) is 0 Å². The first-order chi connectivity index (χ1) is 25.2. The van der Waals surface area contributed by atoms with Crippen LogP contribution in [0.1, 0.15) is 11.1 Å². The first kappa shape index (κ1) is 28.4. The maximum atomic E-state index is 2.50. The Bertz CT molecular complexity index is 3160. The average Bonchev–Trinajstić information content (AvgIpc) is 3.52. The quantitative estimate of drug-likeness (QED) is 0.168. The summed E-state index contributed by atoms with van der Waals surface area (Å²) in [6.07, 6.45) is 0. The van der Waals surface area contributed by atoms with Crippen LogP contribution < -0.4 is 0 Å². The van der Waals surface area contributed by atoms with E-state index in [1.807, 2.05) is 0 Å². The fraction of sp³-hybridized carbons (Fsp3) is 0.0400. The number of aromatic nitrogens is 1. The molecule has 0 aliphatic rings. The molecule has 0 atom stereocenters. The number of hydrogen-bond acceptors (Lipinski definition) is 0. The van der Waals surface area contributed by atoms with Crippen molar-refractivity contribution in [1.29, 1.82) is 0 Å². The number of fused-ring (bicyclic) bond motifs is 5. The Morgan fingerprint density at radius 1 is 0.314 bits per heavy atom. The van der Waals surface area contributed by atoms with E-state index in [0.29, 0.717) is 0 Å². The summed E-state index contributed by atoms with van der Waals surface area (Å²) in [5.41, 5.74) is 11.3. The molecule has 0 saturated heterocycles. The minimum Gasteiger partial charge on any atom is -0.309 e. The fourth-order valence-electron chi connectivity index (χ4n) is 9.07. The van der Waals surface area contributed by atoms with Crippen molar-refractivity contribution in [3.63, 3.8) is 0 Å². The van der Waals surface area contributed by atoms with Gasteiger partial charge in [-0.05, 0) is 109 Å². The summed E-state index contributed by atoms with van der Waals surface area (Å²) in [5.74, 6) is 0. The molecule has 1 heterocycles. The third kappa shape index (κ3) is 3.92.